The fourth-order valence-electron chi connectivity index (χ4n) is 2.35. The average Bonchev–Trinajstić information content (AvgIpc) is 2.68. The minimum atomic E-state index is -0.0157. The summed E-state index contributed by atoms with van der Waals surface area (Å²) >= 11 is 2.99. The summed E-state index contributed by atoms with van der Waals surface area (Å²) in [5, 5.41) is 4.55. The molecule has 0 saturated heterocycles. The van der Waals surface area contributed by atoms with Gasteiger partial charge in [-0.05, 0) is 31.0 Å². The van der Waals surface area contributed by atoms with E-state index in [1.807, 2.05) is 43.3 Å². The molecular formula is C21H21N3OS2. The number of carbonyl (C=O) groups is 1. The van der Waals surface area contributed by atoms with Gasteiger partial charge in [-0.2, -0.15) is 0 Å². The SMILES string of the molecule is Cc1ccc(CNC(=O)CSc2nccnc2Sc2ccccc2C)cc1. The fraction of sp³-hybridized carbons (Fsp3) is 0.190. The molecule has 6 heteroatoms. The molecule has 4 nitrogen and oxygen atoms in total. The first kappa shape index (κ1) is 19.5. The van der Waals surface area contributed by atoms with Gasteiger partial charge in [-0.15, -0.1) is 0 Å². The van der Waals surface area contributed by atoms with Crippen LogP contribution in [0.3, 0.4) is 0 Å². The Balaban J connectivity index is 1.57. The predicted octanol–water partition coefficient (Wildman–Crippen LogP) is 4.65. The molecule has 0 fully saturated rings. The second-order valence-corrected chi connectivity index (χ2v) is 8.08. The van der Waals surface area contributed by atoms with E-state index in [0.717, 1.165) is 20.5 Å². The molecule has 0 bridgehead atoms. The van der Waals surface area contributed by atoms with Crippen molar-refractivity contribution in [2.24, 2.45) is 0 Å². The Morgan fingerprint density at radius 2 is 1.67 bits per heavy atom. The fourth-order valence-corrected chi connectivity index (χ4v) is 4.17. The molecule has 2 aromatic carbocycles. The van der Waals surface area contributed by atoms with Crippen LogP contribution in [-0.4, -0.2) is 21.6 Å². The average molecular weight is 396 g/mol. The van der Waals surface area contributed by atoms with Gasteiger partial charge in [0.05, 0.1) is 5.75 Å². The van der Waals surface area contributed by atoms with Crippen LogP contribution in [0.15, 0.2) is 75.9 Å². The van der Waals surface area contributed by atoms with Gasteiger partial charge in [0.15, 0.2) is 0 Å². The van der Waals surface area contributed by atoms with Crippen LogP contribution in [0.2, 0.25) is 0 Å². The largest absolute Gasteiger partial charge is 0.351 e. The van der Waals surface area contributed by atoms with E-state index in [9.17, 15) is 4.79 Å². The maximum Gasteiger partial charge on any atom is 0.230 e. The minimum absolute atomic E-state index is 0.0157. The maximum atomic E-state index is 12.2. The van der Waals surface area contributed by atoms with Gasteiger partial charge in [-0.1, -0.05) is 71.6 Å². The summed E-state index contributed by atoms with van der Waals surface area (Å²) in [7, 11) is 0. The lowest BCUT2D eigenvalue weighted by molar-refractivity contribution is -0.118. The van der Waals surface area contributed by atoms with E-state index in [1.165, 1.54) is 22.9 Å². The van der Waals surface area contributed by atoms with Crippen LogP contribution in [-0.2, 0) is 11.3 Å². The van der Waals surface area contributed by atoms with Crippen molar-refractivity contribution in [1.29, 1.82) is 0 Å². The summed E-state index contributed by atoms with van der Waals surface area (Å²) in [5.41, 5.74) is 3.50. The van der Waals surface area contributed by atoms with Crippen LogP contribution in [0.25, 0.3) is 0 Å². The molecule has 0 saturated carbocycles. The van der Waals surface area contributed by atoms with Crippen molar-refractivity contribution in [3.05, 3.63) is 77.6 Å². The Kier molecular flexibility index (Phi) is 6.90. The summed E-state index contributed by atoms with van der Waals surface area (Å²) in [6.07, 6.45) is 3.34. The van der Waals surface area contributed by atoms with Crippen LogP contribution >= 0.6 is 23.5 Å². The zero-order valence-electron chi connectivity index (χ0n) is 15.3. The van der Waals surface area contributed by atoms with Crippen LogP contribution in [0.1, 0.15) is 16.7 Å². The van der Waals surface area contributed by atoms with E-state index < -0.39 is 0 Å². The molecule has 27 heavy (non-hydrogen) atoms. The zero-order valence-corrected chi connectivity index (χ0v) is 16.9. The van der Waals surface area contributed by atoms with Crippen molar-refractivity contribution >= 4 is 29.4 Å². The van der Waals surface area contributed by atoms with E-state index in [-0.39, 0.29) is 5.91 Å². The number of carbonyl (C=O) groups excluding carboxylic acids is 1. The van der Waals surface area contributed by atoms with Gasteiger partial charge in [0.25, 0.3) is 0 Å². The summed E-state index contributed by atoms with van der Waals surface area (Å²) in [6, 6.07) is 16.3. The second kappa shape index (κ2) is 9.58. The third-order valence-corrected chi connectivity index (χ3v) is 6.16. The quantitative estimate of drug-likeness (QED) is 0.590. The van der Waals surface area contributed by atoms with Crippen molar-refractivity contribution in [1.82, 2.24) is 15.3 Å². The molecule has 0 atom stereocenters. The highest BCUT2D eigenvalue weighted by atomic mass is 32.2. The maximum absolute atomic E-state index is 12.2. The van der Waals surface area contributed by atoms with Crippen LogP contribution in [0, 0.1) is 13.8 Å². The highest BCUT2D eigenvalue weighted by molar-refractivity contribution is 8.02. The van der Waals surface area contributed by atoms with Crippen LogP contribution in [0.4, 0.5) is 0 Å². The van der Waals surface area contributed by atoms with Gasteiger partial charge in [0.1, 0.15) is 10.1 Å². The van der Waals surface area contributed by atoms with Gasteiger partial charge < -0.3 is 5.32 Å². The van der Waals surface area contributed by atoms with E-state index in [2.05, 4.69) is 34.3 Å². The number of rotatable bonds is 7. The number of amides is 1. The molecule has 1 amide bonds. The molecule has 1 N–H and O–H groups in total. The Hall–Kier alpha value is -2.31. The Morgan fingerprint density at radius 1 is 0.963 bits per heavy atom. The molecule has 0 aliphatic heterocycles. The first-order valence-electron chi connectivity index (χ1n) is 8.61. The highest BCUT2D eigenvalue weighted by Gasteiger charge is 2.11. The Labute approximate surface area is 168 Å². The molecule has 0 unspecified atom stereocenters. The van der Waals surface area contributed by atoms with Crippen molar-refractivity contribution in [3.8, 4) is 0 Å². The van der Waals surface area contributed by atoms with E-state index in [4.69, 9.17) is 0 Å². The molecule has 3 aromatic rings. The molecule has 138 valence electrons. The predicted molar refractivity (Wildman–Crippen MR) is 111 cm³/mol. The summed E-state index contributed by atoms with van der Waals surface area (Å²) in [5.74, 6) is 0.296. The van der Waals surface area contributed by atoms with E-state index >= 15 is 0 Å². The lowest BCUT2D eigenvalue weighted by Gasteiger charge is -2.09. The minimum Gasteiger partial charge on any atom is -0.351 e. The van der Waals surface area contributed by atoms with Crippen molar-refractivity contribution < 1.29 is 4.79 Å². The topological polar surface area (TPSA) is 54.9 Å². The van der Waals surface area contributed by atoms with E-state index in [1.54, 1.807) is 24.2 Å². The van der Waals surface area contributed by atoms with Crippen molar-refractivity contribution in [2.75, 3.05) is 5.75 Å². The summed E-state index contributed by atoms with van der Waals surface area (Å²) < 4.78 is 0. The molecular weight excluding hydrogens is 374 g/mol. The van der Waals surface area contributed by atoms with Gasteiger partial charge in [-0.25, -0.2) is 9.97 Å². The first-order chi connectivity index (χ1) is 13.1. The number of benzene rings is 2. The number of thioether (sulfide) groups is 1. The second-order valence-electron chi connectivity index (χ2n) is 6.09. The number of aryl methyl sites for hydroxylation is 2. The molecule has 3 rings (SSSR count). The van der Waals surface area contributed by atoms with Gasteiger partial charge in [-0.3, -0.25) is 4.79 Å². The number of nitrogens with one attached hydrogen (secondary N) is 1. The lowest BCUT2D eigenvalue weighted by atomic mass is 10.1. The van der Waals surface area contributed by atoms with Crippen molar-refractivity contribution in [3.63, 3.8) is 0 Å². The van der Waals surface area contributed by atoms with Gasteiger partial charge in [0, 0.05) is 23.8 Å². The zero-order chi connectivity index (χ0) is 19.1. The van der Waals surface area contributed by atoms with Crippen molar-refractivity contribution in [2.45, 2.75) is 35.3 Å². The smallest absolute Gasteiger partial charge is 0.230 e. The monoisotopic (exact) mass is 395 g/mol. The van der Waals surface area contributed by atoms with Gasteiger partial charge in [0.2, 0.25) is 5.91 Å². The molecule has 1 aromatic heterocycles. The molecule has 0 aliphatic carbocycles. The number of aromatic nitrogens is 2. The third kappa shape index (κ3) is 5.84. The molecule has 0 spiro atoms. The lowest BCUT2D eigenvalue weighted by Crippen LogP contribution is -2.24. The Bertz CT molecular complexity index is 913. The molecule has 0 aliphatic rings. The molecule has 0 radical (unpaired) electrons. The van der Waals surface area contributed by atoms with E-state index in [0.29, 0.717) is 12.3 Å². The van der Waals surface area contributed by atoms with Crippen LogP contribution < -0.4 is 5.32 Å². The van der Waals surface area contributed by atoms with Gasteiger partial charge >= 0.3 is 0 Å². The summed E-state index contributed by atoms with van der Waals surface area (Å²) in [6.45, 7) is 4.65. The summed E-state index contributed by atoms with van der Waals surface area (Å²) in [4.78, 5) is 22.2. The first-order valence-corrected chi connectivity index (χ1v) is 10.4. The van der Waals surface area contributed by atoms with Crippen LogP contribution in [0.5, 0.6) is 0 Å². The molecule has 1 heterocycles. The Morgan fingerprint density at radius 3 is 2.41 bits per heavy atom. The highest BCUT2D eigenvalue weighted by Crippen LogP contribution is 2.33. The number of nitrogens with zero attached hydrogens (tertiary/aromatic N) is 2. The standard InChI is InChI=1S/C21H21N3OS2/c1-15-7-9-17(10-8-15)13-24-19(25)14-26-20-21(23-12-11-22-20)27-18-6-4-3-5-16(18)2/h3-12H,13-14H2,1-2H3,(H,24,25). The normalized spacial score (nSPS) is 10.6. The number of hydrogen-bond donors (Lipinski definition) is 1. The number of hydrogen-bond acceptors (Lipinski definition) is 5. The third-order valence-electron chi connectivity index (χ3n) is 3.88.